The maximum Gasteiger partial charge on any atom is 0.259 e. The number of amides is 1. The molecule has 1 aromatic heterocycles. The molecule has 1 aliphatic heterocycles. The quantitative estimate of drug-likeness (QED) is 0.710. The average molecular weight is 417 g/mol. The zero-order chi connectivity index (χ0) is 22.0. The van der Waals surface area contributed by atoms with Crippen molar-refractivity contribution in [2.45, 2.75) is 27.0 Å². The zero-order valence-corrected chi connectivity index (χ0v) is 18.0. The SMILES string of the molecule is COc1cc(NC(=O)c2c(C)oc3c2C(O)N(CC(C)C)C=N3)cc(OC)c1OC. The van der Waals surface area contributed by atoms with Crippen LogP contribution in [-0.2, 0) is 0 Å². The predicted octanol–water partition coefficient (Wildman–Crippen LogP) is 3.49. The highest BCUT2D eigenvalue weighted by Gasteiger charge is 2.33. The van der Waals surface area contributed by atoms with Crippen LogP contribution >= 0.6 is 0 Å². The van der Waals surface area contributed by atoms with E-state index in [2.05, 4.69) is 10.3 Å². The van der Waals surface area contributed by atoms with Gasteiger partial charge in [-0.2, -0.15) is 0 Å². The number of aliphatic imine (C=N–C) groups is 1. The Labute approximate surface area is 175 Å². The van der Waals surface area contributed by atoms with E-state index in [1.807, 2.05) is 13.8 Å². The lowest BCUT2D eigenvalue weighted by molar-refractivity contribution is 0.0460. The number of nitrogens with one attached hydrogen (secondary N) is 1. The fraction of sp³-hybridized carbons (Fsp3) is 0.429. The summed E-state index contributed by atoms with van der Waals surface area (Å²) in [5.41, 5.74) is 1.04. The topological polar surface area (TPSA) is 106 Å². The third-order valence-electron chi connectivity index (χ3n) is 4.72. The second-order valence-corrected chi connectivity index (χ2v) is 7.33. The molecule has 9 heteroatoms. The molecule has 30 heavy (non-hydrogen) atoms. The summed E-state index contributed by atoms with van der Waals surface area (Å²) in [6.07, 6.45) is 0.509. The smallest absolute Gasteiger partial charge is 0.259 e. The molecule has 0 spiro atoms. The van der Waals surface area contributed by atoms with Gasteiger partial charge in [-0.1, -0.05) is 13.8 Å². The van der Waals surface area contributed by atoms with E-state index in [4.69, 9.17) is 18.6 Å². The van der Waals surface area contributed by atoms with E-state index in [1.54, 1.807) is 24.0 Å². The summed E-state index contributed by atoms with van der Waals surface area (Å²) in [6.45, 7) is 6.32. The molecule has 1 atom stereocenters. The van der Waals surface area contributed by atoms with Gasteiger partial charge in [0, 0.05) is 24.4 Å². The van der Waals surface area contributed by atoms with E-state index < -0.39 is 12.1 Å². The number of hydrogen-bond donors (Lipinski definition) is 2. The number of ether oxygens (including phenoxy) is 3. The highest BCUT2D eigenvalue weighted by molar-refractivity contribution is 6.07. The van der Waals surface area contributed by atoms with E-state index in [9.17, 15) is 9.90 Å². The van der Waals surface area contributed by atoms with Crippen LogP contribution in [0.5, 0.6) is 17.2 Å². The molecule has 0 aliphatic carbocycles. The van der Waals surface area contributed by atoms with Gasteiger partial charge in [0.25, 0.3) is 5.91 Å². The standard InChI is InChI=1S/C21H27N3O6/c1-11(2)9-24-10-22-20-17(21(24)26)16(12(3)30-20)19(25)23-13-7-14(27-4)18(29-6)15(8-13)28-5/h7-8,10-11,21,26H,9H2,1-6H3,(H,23,25). The van der Waals surface area contributed by atoms with Crippen LogP contribution in [0.3, 0.4) is 0 Å². The van der Waals surface area contributed by atoms with E-state index in [0.29, 0.717) is 46.7 Å². The van der Waals surface area contributed by atoms with E-state index >= 15 is 0 Å². The number of aryl methyl sites for hydroxylation is 1. The van der Waals surface area contributed by atoms with Crippen LogP contribution in [0.25, 0.3) is 0 Å². The molecular weight excluding hydrogens is 390 g/mol. The van der Waals surface area contributed by atoms with Crippen molar-refractivity contribution in [3.63, 3.8) is 0 Å². The Balaban J connectivity index is 1.95. The normalized spacial score (nSPS) is 15.2. The second-order valence-electron chi connectivity index (χ2n) is 7.33. The molecule has 0 saturated heterocycles. The number of methoxy groups -OCH3 is 3. The van der Waals surface area contributed by atoms with Crippen molar-refractivity contribution in [1.29, 1.82) is 0 Å². The number of anilines is 1. The Morgan fingerprint density at radius 3 is 2.40 bits per heavy atom. The van der Waals surface area contributed by atoms with Crippen LogP contribution in [0.4, 0.5) is 11.6 Å². The average Bonchev–Trinajstić information content (AvgIpc) is 3.05. The highest BCUT2D eigenvalue weighted by Crippen LogP contribution is 2.41. The number of carbonyl (C=O) groups excluding carboxylic acids is 1. The Morgan fingerprint density at radius 1 is 1.23 bits per heavy atom. The molecule has 9 nitrogen and oxygen atoms in total. The second kappa shape index (κ2) is 8.66. The van der Waals surface area contributed by atoms with Gasteiger partial charge >= 0.3 is 0 Å². The van der Waals surface area contributed by atoms with Crippen LogP contribution in [0.2, 0.25) is 0 Å². The molecule has 0 radical (unpaired) electrons. The number of fused-ring (bicyclic) bond motifs is 1. The number of hydrogen-bond acceptors (Lipinski definition) is 8. The van der Waals surface area contributed by atoms with Crippen LogP contribution < -0.4 is 19.5 Å². The molecule has 0 saturated carbocycles. The summed E-state index contributed by atoms with van der Waals surface area (Å²) < 4.78 is 21.6. The minimum atomic E-state index is -1.03. The molecule has 2 heterocycles. The lowest BCUT2D eigenvalue weighted by atomic mass is 10.1. The molecule has 1 unspecified atom stereocenters. The number of carbonyl (C=O) groups is 1. The highest BCUT2D eigenvalue weighted by atomic mass is 16.5. The number of aliphatic hydroxyl groups is 1. The Bertz CT molecular complexity index is 941. The van der Waals surface area contributed by atoms with Gasteiger partial charge in [-0.3, -0.25) is 4.79 Å². The maximum atomic E-state index is 13.1. The molecule has 162 valence electrons. The van der Waals surface area contributed by atoms with E-state index in [-0.39, 0.29) is 11.4 Å². The van der Waals surface area contributed by atoms with Crippen molar-refractivity contribution in [2.75, 3.05) is 33.2 Å². The molecule has 3 rings (SSSR count). The van der Waals surface area contributed by atoms with Crippen molar-refractivity contribution in [2.24, 2.45) is 10.9 Å². The molecule has 0 fully saturated rings. The molecule has 2 N–H and O–H groups in total. The summed E-state index contributed by atoms with van der Waals surface area (Å²) in [5.74, 6) is 1.70. The number of furan rings is 1. The van der Waals surface area contributed by atoms with Gasteiger partial charge in [0.15, 0.2) is 17.7 Å². The Kier molecular flexibility index (Phi) is 6.21. The van der Waals surface area contributed by atoms with Crippen molar-refractivity contribution in [3.05, 3.63) is 29.0 Å². The minimum absolute atomic E-state index is 0.232. The first-order valence-corrected chi connectivity index (χ1v) is 9.53. The van der Waals surface area contributed by atoms with Gasteiger partial charge in [-0.15, -0.1) is 0 Å². The molecule has 1 amide bonds. The number of aliphatic hydroxyl groups excluding tert-OH is 1. The first-order valence-electron chi connectivity index (χ1n) is 9.53. The van der Waals surface area contributed by atoms with Gasteiger partial charge < -0.3 is 34.0 Å². The molecular formula is C21H27N3O6. The third-order valence-corrected chi connectivity index (χ3v) is 4.72. The number of rotatable bonds is 7. The first-order chi connectivity index (χ1) is 14.3. The van der Waals surface area contributed by atoms with Crippen LogP contribution in [-0.4, -0.2) is 50.1 Å². The monoisotopic (exact) mass is 417 g/mol. The summed E-state index contributed by atoms with van der Waals surface area (Å²) >= 11 is 0. The van der Waals surface area contributed by atoms with Crippen molar-refractivity contribution >= 4 is 23.8 Å². The summed E-state index contributed by atoms with van der Waals surface area (Å²) in [5, 5.41) is 13.7. The predicted molar refractivity (Wildman–Crippen MR) is 112 cm³/mol. The maximum absolute atomic E-state index is 13.1. The van der Waals surface area contributed by atoms with Crippen LogP contribution in [0, 0.1) is 12.8 Å². The minimum Gasteiger partial charge on any atom is -0.493 e. The van der Waals surface area contributed by atoms with Gasteiger partial charge in [0.2, 0.25) is 11.6 Å². The summed E-state index contributed by atoms with van der Waals surface area (Å²) in [7, 11) is 4.50. The number of nitrogens with zero attached hydrogens (tertiary/aromatic N) is 2. The first kappa shape index (κ1) is 21.5. The Hall–Kier alpha value is -3.20. The van der Waals surface area contributed by atoms with E-state index in [1.165, 1.54) is 27.7 Å². The molecule has 0 bridgehead atoms. The fourth-order valence-electron chi connectivity index (χ4n) is 3.44. The van der Waals surface area contributed by atoms with Crippen molar-refractivity contribution in [1.82, 2.24) is 4.90 Å². The van der Waals surface area contributed by atoms with Gasteiger partial charge in [0.1, 0.15) is 5.76 Å². The van der Waals surface area contributed by atoms with Crippen LogP contribution in [0.15, 0.2) is 21.5 Å². The van der Waals surface area contributed by atoms with Gasteiger partial charge in [0.05, 0.1) is 38.8 Å². The Morgan fingerprint density at radius 2 is 1.87 bits per heavy atom. The largest absolute Gasteiger partial charge is 0.493 e. The van der Waals surface area contributed by atoms with Gasteiger partial charge in [-0.05, 0) is 12.8 Å². The lowest BCUT2D eigenvalue weighted by Crippen LogP contribution is -2.33. The molecule has 2 aromatic rings. The summed E-state index contributed by atoms with van der Waals surface area (Å²) in [4.78, 5) is 19.1. The van der Waals surface area contributed by atoms with Crippen LogP contribution in [0.1, 0.15) is 41.8 Å². The molecule has 1 aliphatic rings. The van der Waals surface area contributed by atoms with E-state index in [0.717, 1.165) is 0 Å². The lowest BCUT2D eigenvalue weighted by Gasteiger charge is -2.29. The number of benzene rings is 1. The van der Waals surface area contributed by atoms with Crippen molar-refractivity contribution < 1.29 is 28.5 Å². The molecule has 1 aromatic carbocycles. The van der Waals surface area contributed by atoms with Crippen molar-refractivity contribution in [3.8, 4) is 17.2 Å². The zero-order valence-electron chi connectivity index (χ0n) is 18.0. The summed E-state index contributed by atoms with van der Waals surface area (Å²) in [6, 6.07) is 3.25. The fourth-order valence-corrected chi connectivity index (χ4v) is 3.44. The third kappa shape index (κ3) is 3.93. The van der Waals surface area contributed by atoms with Gasteiger partial charge in [-0.25, -0.2) is 4.99 Å².